The molecule has 0 spiro atoms. The van der Waals surface area contributed by atoms with Crippen LogP contribution >= 0.6 is 0 Å². The van der Waals surface area contributed by atoms with Gasteiger partial charge in [-0.1, -0.05) is 56.3 Å². The molecule has 1 aliphatic rings. The van der Waals surface area contributed by atoms with Gasteiger partial charge < -0.3 is 14.4 Å². The fraction of sp³-hybridized carbons (Fsp3) is 0.167. The van der Waals surface area contributed by atoms with Gasteiger partial charge in [0.1, 0.15) is 0 Å². The van der Waals surface area contributed by atoms with Crippen LogP contribution in [-0.2, 0) is 39.8 Å². The number of anilines is 1. The third kappa shape index (κ3) is 7.11. The van der Waals surface area contributed by atoms with Crippen molar-refractivity contribution >= 4 is 50.3 Å². The lowest BCUT2D eigenvalue weighted by molar-refractivity contribution is -0.669. The molecule has 51 heavy (non-hydrogen) atoms. The van der Waals surface area contributed by atoms with Crippen molar-refractivity contribution in [3.8, 4) is 0 Å². The number of rotatable bonds is 11. The minimum Gasteiger partial charge on any atom is -0.481 e. The highest BCUT2D eigenvalue weighted by atomic mass is 32.2. The van der Waals surface area contributed by atoms with Crippen LogP contribution in [0.4, 0.5) is 17.1 Å². The maximum absolute atomic E-state index is 12.1. The van der Waals surface area contributed by atoms with Gasteiger partial charge >= 0.3 is 11.9 Å². The number of benzene rings is 4. The topological polar surface area (TPSA) is 198 Å². The minimum atomic E-state index is -4.55. The maximum Gasteiger partial charge on any atom is 0.374 e. The molecule has 2 N–H and O–H groups in total. The molecule has 4 aromatic carbocycles. The zero-order valence-electron chi connectivity index (χ0n) is 27.3. The number of nitro groups is 2. The predicted molar refractivity (Wildman–Crippen MR) is 186 cm³/mol. The molecule has 260 valence electrons. The van der Waals surface area contributed by atoms with E-state index in [9.17, 15) is 38.0 Å². The van der Waals surface area contributed by atoms with E-state index in [-0.39, 0.29) is 23.4 Å². The number of nitrogens with zero attached hydrogens (tertiary/aromatic N) is 4. The molecule has 0 fully saturated rings. The molecule has 0 amide bonds. The summed E-state index contributed by atoms with van der Waals surface area (Å²) in [6.45, 7) is 4.08. The summed E-state index contributed by atoms with van der Waals surface area (Å²) in [5.74, 6) is -0.428. The van der Waals surface area contributed by atoms with Crippen molar-refractivity contribution in [2.24, 2.45) is 0 Å². The molecule has 0 radical (unpaired) electrons. The quantitative estimate of drug-likeness (QED) is 0.0669. The molecule has 0 saturated heterocycles. The number of allylic oxidation sites excluding steroid dienone is 3. The highest BCUT2D eigenvalue weighted by Gasteiger charge is 2.41. The van der Waals surface area contributed by atoms with Gasteiger partial charge in [-0.2, -0.15) is 13.0 Å². The second kappa shape index (κ2) is 13.3. The summed E-state index contributed by atoms with van der Waals surface area (Å²) in [6.07, 6.45) is 5.21. The number of carbonyl (C=O) groups is 1. The molecule has 15 heteroatoms. The fourth-order valence-electron chi connectivity index (χ4n) is 6.31. The average Bonchev–Trinajstić information content (AvgIpc) is 3.51. The van der Waals surface area contributed by atoms with Crippen LogP contribution in [-0.4, -0.2) is 33.9 Å². The van der Waals surface area contributed by atoms with E-state index in [2.05, 4.69) is 0 Å². The Hall–Kier alpha value is -6.19. The van der Waals surface area contributed by atoms with E-state index in [0.717, 1.165) is 17.1 Å². The first kappa shape index (κ1) is 34.7. The number of aromatic nitrogens is 1. The van der Waals surface area contributed by atoms with Gasteiger partial charge in [0.2, 0.25) is 5.58 Å². The summed E-state index contributed by atoms with van der Waals surface area (Å²) in [4.78, 5) is 34.5. The summed E-state index contributed by atoms with van der Waals surface area (Å²) in [6, 6.07) is 22.3. The molecule has 0 saturated carbocycles. The fourth-order valence-corrected chi connectivity index (χ4v) is 6.81. The van der Waals surface area contributed by atoms with Crippen LogP contribution in [0.1, 0.15) is 42.0 Å². The molecule has 2 heterocycles. The Kier molecular flexibility index (Phi) is 9.01. The Balaban J connectivity index is 1.42. The Morgan fingerprint density at radius 1 is 0.922 bits per heavy atom. The summed E-state index contributed by atoms with van der Waals surface area (Å²) in [7, 11) is -4.55. The Labute approximate surface area is 291 Å². The van der Waals surface area contributed by atoms with Crippen molar-refractivity contribution in [3.05, 3.63) is 151 Å². The number of aliphatic carboxylic acids is 1. The monoisotopic (exact) mass is 711 g/mol. The van der Waals surface area contributed by atoms with E-state index in [0.29, 0.717) is 40.5 Å². The van der Waals surface area contributed by atoms with E-state index < -0.39 is 42.7 Å². The lowest BCUT2D eigenvalue weighted by Gasteiger charge is -2.27. The molecule has 0 unspecified atom stereocenters. The van der Waals surface area contributed by atoms with Gasteiger partial charge in [0.15, 0.2) is 6.54 Å². The van der Waals surface area contributed by atoms with Crippen LogP contribution in [0, 0.1) is 20.2 Å². The van der Waals surface area contributed by atoms with Gasteiger partial charge in [-0.15, -0.1) is 0 Å². The number of carboxylic acids is 1. The number of fused-ring (bicyclic) bond motifs is 2. The van der Waals surface area contributed by atoms with Crippen molar-refractivity contribution in [3.63, 3.8) is 0 Å². The predicted octanol–water partition coefficient (Wildman–Crippen LogP) is 6.35. The van der Waals surface area contributed by atoms with Crippen LogP contribution in [0.15, 0.2) is 112 Å². The number of nitro benzene ring substituents is 2. The Morgan fingerprint density at radius 3 is 2.20 bits per heavy atom. The lowest BCUT2D eigenvalue weighted by Crippen LogP contribution is -2.35. The Morgan fingerprint density at radius 2 is 1.57 bits per heavy atom. The van der Waals surface area contributed by atoms with Crippen LogP contribution in [0.2, 0.25) is 0 Å². The third-order valence-electron chi connectivity index (χ3n) is 8.73. The van der Waals surface area contributed by atoms with Gasteiger partial charge in [-0.05, 0) is 47.0 Å². The molecule has 0 bridgehead atoms. The van der Waals surface area contributed by atoms with Gasteiger partial charge in [0.25, 0.3) is 27.0 Å². The first-order valence-corrected chi connectivity index (χ1v) is 17.0. The third-order valence-corrected chi connectivity index (χ3v) is 9.58. The summed E-state index contributed by atoms with van der Waals surface area (Å²) in [5, 5.41) is 32.4. The second-order valence-corrected chi connectivity index (χ2v) is 14.0. The van der Waals surface area contributed by atoms with Gasteiger partial charge in [-0.25, -0.2) is 0 Å². The maximum atomic E-state index is 12.1. The molecule has 1 aliphatic heterocycles. The smallest absolute Gasteiger partial charge is 0.374 e. The number of hydrogen-bond donors (Lipinski definition) is 2. The summed E-state index contributed by atoms with van der Waals surface area (Å²) < 4.78 is 42.1. The van der Waals surface area contributed by atoms with Crippen LogP contribution in [0.25, 0.3) is 17.2 Å². The number of para-hydroxylation sites is 2. The molecule has 1 aromatic heterocycles. The molecule has 14 nitrogen and oxygen atoms in total. The molecule has 0 atom stereocenters. The van der Waals surface area contributed by atoms with Gasteiger partial charge in [-0.3, -0.25) is 29.6 Å². The first-order valence-electron chi connectivity index (χ1n) is 15.5. The highest BCUT2D eigenvalue weighted by Crippen LogP contribution is 2.49. The van der Waals surface area contributed by atoms with Gasteiger partial charge in [0.05, 0.1) is 33.3 Å². The van der Waals surface area contributed by atoms with Crippen molar-refractivity contribution in [2.45, 2.75) is 43.7 Å². The number of non-ortho nitro benzene ring substituents is 2. The standard InChI is InChI=1S/C36H30N4O10S/c1-36(2)29-20-28(51(47,48)49)14-15-30(29)37(22-25-16-26(39(43)44)19-27(17-25)40(45)46)33(36)8-5-9-34-38(31-6-3-4-7-32(31)50-34)21-24-12-10-23(11-13-24)18-35(41)42/h3-17,19-20H,18,21-22H2,1-2H3,(H-,41,42,47,48,49)/p+1. The summed E-state index contributed by atoms with van der Waals surface area (Å²) >= 11 is 0. The van der Waals surface area contributed by atoms with Crippen molar-refractivity contribution in [1.82, 2.24) is 0 Å². The molecular formula is C36H31N4O10S+. The minimum absolute atomic E-state index is 0.0354. The van der Waals surface area contributed by atoms with Crippen LogP contribution in [0.5, 0.6) is 0 Å². The van der Waals surface area contributed by atoms with Crippen molar-refractivity contribution in [2.75, 3.05) is 4.90 Å². The summed E-state index contributed by atoms with van der Waals surface area (Å²) in [5.41, 5.74) is 3.27. The lowest BCUT2D eigenvalue weighted by atomic mass is 9.83. The largest absolute Gasteiger partial charge is 0.481 e. The molecule has 0 aliphatic carbocycles. The Bertz CT molecular complexity index is 2360. The van der Waals surface area contributed by atoms with E-state index in [1.54, 1.807) is 35.3 Å². The normalized spacial score (nSPS) is 14.7. The van der Waals surface area contributed by atoms with E-state index in [1.807, 2.05) is 54.8 Å². The zero-order chi connectivity index (χ0) is 36.7. The van der Waals surface area contributed by atoms with E-state index in [4.69, 9.17) is 9.52 Å². The van der Waals surface area contributed by atoms with E-state index >= 15 is 0 Å². The second-order valence-electron chi connectivity index (χ2n) is 12.5. The molecule has 5 aromatic rings. The SMILES string of the molecule is CC1(C)C(=CC=Cc2oc3ccccc3[n+]2Cc2ccc(CC(=O)O)cc2)N(Cc2cc([N+](=O)[O-])cc([N+](=O)[O-])c2)c2ccc(S(=O)(=O)O)cc21. The zero-order valence-corrected chi connectivity index (χ0v) is 28.1. The average molecular weight is 712 g/mol. The molecular weight excluding hydrogens is 680 g/mol. The number of oxazole rings is 1. The van der Waals surface area contributed by atoms with Crippen molar-refractivity contribution in [1.29, 1.82) is 0 Å². The van der Waals surface area contributed by atoms with Crippen LogP contribution < -0.4 is 9.47 Å². The number of carboxylic acid groups (broad SMARTS) is 1. The van der Waals surface area contributed by atoms with Crippen LogP contribution in [0.3, 0.4) is 0 Å². The highest BCUT2D eigenvalue weighted by molar-refractivity contribution is 7.85. The van der Waals surface area contributed by atoms with E-state index in [1.165, 1.54) is 30.3 Å². The number of hydrogen-bond acceptors (Lipinski definition) is 9. The first-order chi connectivity index (χ1) is 24.1. The van der Waals surface area contributed by atoms with Crippen molar-refractivity contribution < 1.29 is 41.7 Å². The molecule has 6 rings (SSSR count). The van der Waals surface area contributed by atoms with Gasteiger partial charge in [0, 0.05) is 47.1 Å².